The van der Waals surface area contributed by atoms with Gasteiger partial charge >= 0.3 is 0 Å². The zero-order valence-electron chi connectivity index (χ0n) is 15.4. The van der Waals surface area contributed by atoms with E-state index in [1.165, 1.54) is 23.5 Å². The number of hydrogen-bond donors (Lipinski definition) is 2. The van der Waals surface area contributed by atoms with E-state index in [1.54, 1.807) is 29.5 Å². The Kier molecular flexibility index (Phi) is 5.74. The van der Waals surface area contributed by atoms with E-state index >= 15 is 0 Å². The maximum Gasteiger partial charge on any atom is 0.273 e. The van der Waals surface area contributed by atoms with E-state index in [0.717, 1.165) is 12.0 Å². The molecule has 0 aliphatic carbocycles. The Morgan fingerprint density at radius 3 is 2.81 bits per heavy atom. The highest BCUT2D eigenvalue weighted by molar-refractivity contribution is 7.13. The monoisotopic (exact) mass is 390 g/mol. The van der Waals surface area contributed by atoms with Crippen molar-refractivity contribution in [3.05, 3.63) is 46.7 Å². The molecule has 1 aliphatic heterocycles. The third-order valence-electron chi connectivity index (χ3n) is 4.69. The molecule has 1 atom stereocenters. The number of carbonyl (C=O) groups excluding carboxylic acids is 2. The van der Waals surface area contributed by atoms with Gasteiger partial charge in [0.2, 0.25) is 5.91 Å². The standard InChI is InChI=1S/C19H23FN4O2S/c1-19(9-7-16(25)23-19)12-21-18-22-15(11-27-18)17(26)24(2)10-8-13-3-5-14(20)6-4-13/h3-6,11H,7-10,12H2,1-2H3,(H,21,22)(H,23,25). The van der Waals surface area contributed by atoms with Gasteiger partial charge in [0.15, 0.2) is 5.13 Å². The molecule has 0 saturated carbocycles. The zero-order valence-corrected chi connectivity index (χ0v) is 16.2. The molecule has 2 N–H and O–H groups in total. The van der Waals surface area contributed by atoms with Gasteiger partial charge in [0.05, 0.1) is 5.54 Å². The Labute approximate surface area is 161 Å². The lowest BCUT2D eigenvalue weighted by Crippen LogP contribution is -2.44. The highest BCUT2D eigenvalue weighted by atomic mass is 32.1. The molecule has 1 unspecified atom stereocenters. The maximum absolute atomic E-state index is 12.9. The molecule has 0 bridgehead atoms. The largest absolute Gasteiger partial charge is 0.359 e. The quantitative estimate of drug-likeness (QED) is 0.762. The molecular weight excluding hydrogens is 367 g/mol. The number of aromatic nitrogens is 1. The van der Waals surface area contributed by atoms with E-state index in [4.69, 9.17) is 0 Å². The fraction of sp³-hybridized carbons (Fsp3) is 0.421. The Balaban J connectivity index is 1.51. The van der Waals surface area contributed by atoms with Crippen molar-refractivity contribution in [2.24, 2.45) is 0 Å². The molecule has 2 aromatic rings. The second kappa shape index (κ2) is 8.04. The fourth-order valence-corrected chi connectivity index (χ4v) is 3.64. The summed E-state index contributed by atoms with van der Waals surface area (Å²) >= 11 is 1.37. The first kappa shape index (κ1) is 19.3. The van der Waals surface area contributed by atoms with Crippen LogP contribution < -0.4 is 10.6 Å². The molecule has 0 radical (unpaired) electrons. The molecule has 1 aliphatic rings. The summed E-state index contributed by atoms with van der Waals surface area (Å²) in [5, 5.41) is 8.56. The number of thiazole rings is 1. The first-order valence-corrected chi connectivity index (χ1v) is 9.73. The minimum absolute atomic E-state index is 0.0667. The number of benzene rings is 1. The summed E-state index contributed by atoms with van der Waals surface area (Å²) in [6.45, 7) is 3.09. The van der Waals surface area contributed by atoms with Crippen LogP contribution >= 0.6 is 11.3 Å². The number of hydrogen-bond acceptors (Lipinski definition) is 5. The SMILES string of the molecule is CN(CCc1ccc(F)cc1)C(=O)c1csc(NCC2(C)CCC(=O)N2)n1. The Hall–Kier alpha value is -2.48. The van der Waals surface area contributed by atoms with E-state index < -0.39 is 0 Å². The van der Waals surface area contributed by atoms with E-state index in [2.05, 4.69) is 15.6 Å². The van der Waals surface area contributed by atoms with E-state index in [9.17, 15) is 14.0 Å². The van der Waals surface area contributed by atoms with Crippen molar-refractivity contribution < 1.29 is 14.0 Å². The van der Waals surface area contributed by atoms with Gasteiger partial charge in [-0.1, -0.05) is 12.1 Å². The van der Waals surface area contributed by atoms with Crippen LogP contribution in [0.4, 0.5) is 9.52 Å². The minimum Gasteiger partial charge on any atom is -0.359 e. The van der Waals surface area contributed by atoms with Crippen LogP contribution in [0.1, 0.15) is 35.8 Å². The minimum atomic E-state index is -0.279. The van der Waals surface area contributed by atoms with Crippen LogP contribution in [0.5, 0.6) is 0 Å². The highest BCUT2D eigenvalue weighted by Crippen LogP contribution is 2.22. The average Bonchev–Trinajstić information content (AvgIpc) is 3.25. The van der Waals surface area contributed by atoms with Gasteiger partial charge in [0.25, 0.3) is 5.91 Å². The van der Waals surface area contributed by atoms with Gasteiger partial charge in [0, 0.05) is 31.9 Å². The number of anilines is 1. The molecule has 6 nitrogen and oxygen atoms in total. The lowest BCUT2D eigenvalue weighted by molar-refractivity contribution is -0.119. The maximum atomic E-state index is 12.9. The van der Waals surface area contributed by atoms with Crippen molar-refractivity contribution in [2.45, 2.75) is 31.7 Å². The summed E-state index contributed by atoms with van der Waals surface area (Å²) in [6.07, 6.45) is 1.97. The summed E-state index contributed by atoms with van der Waals surface area (Å²) in [4.78, 5) is 29.9. The zero-order chi connectivity index (χ0) is 19.4. The van der Waals surface area contributed by atoms with Gasteiger partial charge in [0.1, 0.15) is 11.5 Å². The molecule has 1 aromatic carbocycles. The Morgan fingerprint density at radius 2 is 2.15 bits per heavy atom. The predicted molar refractivity (Wildman–Crippen MR) is 103 cm³/mol. The Bertz CT molecular complexity index is 823. The number of carbonyl (C=O) groups is 2. The first-order valence-electron chi connectivity index (χ1n) is 8.85. The second-order valence-corrected chi connectivity index (χ2v) is 7.96. The molecule has 144 valence electrons. The van der Waals surface area contributed by atoms with E-state index in [1.807, 2.05) is 6.92 Å². The smallest absolute Gasteiger partial charge is 0.273 e. The molecule has 2 heterocycles. The van der Waals surface area contributed by atoms with Crippen molar-refractivity contribution in [3.8, 4) is 0 Å². The number of nitrogens with zero attached hydrogens (tertiary/aromatic N) is 2. The van der Waals surface area contributed by atoms with E-state index in [-0.39, 0.29) is 23.2 Å². The lowest BCUT2D eigenvalue weighted by atomic mass is 10.0. The summed E-state index contributed by atoms with van der Waals surface area (Å²) in [6, 6.07) is 6.29. The predicted octanol–water partition coefficient (Wildman–Crippen LogP) is 2.68. The normalized spacial score (nSPS) is 19.0. The molecule has 27 heavy (non-hydrogen) atoms. The number of rotatable bonds is 7. The van der Waals surface area contributed by atoms with Crippen LogP contribution in [0, 0.1) is 5.82 Å². The van der Waals surface area contributed by atoms with Crippen molar-refractivity contribution in [1.82, 2.24) is 15.2 Å². The molecule has 1 aromatic heterocycles. The van der Waals surface area contributed by atoms with Crippen LogP contribution in [-0.2, 0) is 11.2 Å². The van der Waals surface area contributed by atoms with Gasteiger partial charge < -0.3 is 15.5 Å². The van der Waals surface area contributed by atoms with Crippen molar-refractivity contribution >= 4 is 28.3 Å². The van der Waals surface area contributed by atoms with Gasteiger partial charge in [-0.05, 0) is 37.5 Å². The molecule has 3 rings (SSSR count). The van der Waals surface area contributed by atoms with Crippen LogP contribution in [0.3, 0.4) is 0 Å². The highest BCUT2D eigenvalue weighted by Gasteiger charge is 2.32. The Morgan fingerprint density at radius 1 is 1.41 bits per heavy atom. The molecule has 2 amide bonds. The van der Waals surface area contributed by atoms with E-state index in [0.29, 0.717) is 36.8 Å². The van der Waals surface area contributed by atoms with Gasteiger partial charge in [-0.25, -0.2) is 9.37 Å². The lowest BCUT2D eigenvalue weighted by Gasteiger charge is -2.23. The summed E-state index contributed by atoms with van der Waals surface area (Å²) < 4.78 is 12.9. The third kappa shape index (κ3) is 5.03. The van der Waals surface area contributed by atoms with Crippen LogP contribution in [0.2, 0.25) is 0 Å². The number of nitrogens with one attached hydrogen (secondary N) is 2. The number of likely N-dealkylation sites (N-methyl/N-ethyl adjacent to an activating group) is 1. The topological polar surface area (TPSA) is 74.3 Å². The number of amides is 2. The van der Waals surface area contributed by atoms with Gasteiger partial charge in [-0.3, -0.25) is 9.59 Å². The van der Waals surface area contributed by atoms with Crippen molar-refractivity contribution in [2.75, 3.05) is 25.5 Å². The molecule has 1 saturated heterocycles. The summed E-state index contributed by atoms with van der Waals surface area (Å²) in [5.41, 5.74) is 1.09. The molecular formula is C19H23FN4O2S. The molecule has 1 fully saturated rings. The average molecular weight is 390 g/mol. The van der Waals surface area contributed by atoms with Crippen LogP contribution in [0.25, 0.3) is 0 Å². The molecule has 0 spiro atoms. The van der Waals surface area contributed by atoms with Gasteiger partial charge in [-0.2, -0.15) is 0 Å². The fourth-order valence-electron chi connectivity index (χ4n) is 2.95. The number of halogens is 1. The summed E-state index contributed by atoms with van der Waals surface area (Å²) in [5.74, 6) is -0.351. The summed E-state index contributed by atoms with van der Waals surface area (Å²) in [7, 11) is 1.73. The van der Waals surface area contributed by atoms with Crippen molar-refractivity contribution in [3.63, 3.8) is 0 Å². The van der Waals surface area contributed by atoms with Crippen molar-refractivity contribution in [1.29, 1.82) is 0 Å². The third-order valence-corrected chi connectivity index (χ3v) is 5.49. The molecule has 8 heteroatoms. The van der Waals surface area contributed by atoms with Gasteiger partial charge in [-0.15, -0.1) is 11.3 Å². The van der Waals surface area contributed by atoms with Crippen LogP contribution in [0.15, 0.2) is 29.6 Å². The first-order chi connectivity index (χ1) is 12.8. The van der Waals surface area contributed by atoms with Crippen LogP contribution in [-0.4, -0.2) is 47.4 Å². The second-order valence-electron chi connectivity index (χ2n) is 7.10.